The zero-order chi connectivity index (χ0) is 38.4. The van der Waals surface area contributed by atoms with Crippen LogP contribution in [0, 0.1) is 5.41 Å². The molecule has 0 amide bonds. The van der Waals surface area contributed by atoms with Crippen molar-refractivity contribution in [2.75, 3.05) is 26.4 Å². The van der Waals surface area contributed by atoms with Crippen molar-refractivity contribution >= 4 is 31.8 Å². The molecule has 2 unspecified atom stereocenters. The number of hydrogen-bond acceptors (Lipinski definition) is 12. The predicted molar refractivity (Wildman–Crippen MR) is 191 cm³/mol. The van der Waals surface area contributed by atoms with Gasteiger partial charge in [-0.05, 0) is 11.1 Å². The average molecular weight is 773 g/mol. The quantitative estimate of drug-likeness (QED) is 0.0715. The zero-order valence-electron chi connectivity index (χ0n) is 28.2. The minimum absolute atomic E-state index is 0.0281. The molecule has 4 N–H and O–H groups in total. The summed E-state index contributed by atoms with van der Waals surface area (Å²) < 4.78 is 81.9. The Balaban J connectivity index is 1.36. The monoisotopic (exact) mass is 772 g/mol. The number of rotatable bonds is 14. The molecule has 54 heavy (non-hydrogen) atoms. The summed E-state index contributed by atoms with van der Waals surface area (Å²) in [4.78, 5) is 24.5. The van der Waals surface area contributed by atoms with Gasteiger partial charge in [0.15, 0.2) is 40.2 Å². The van der Waals surface area contributed by atoms with Crippen LogP contribution in [0.25, 0.3) is 0 Å². The van der Waals surface area contributed by atoms with Gasteiger partial charge < -0.3 is 24.8 Å². The molecule has 13 nitrogen and oxygen atoms in total. The average Bonchev–Trinajstić information content (AvgIpc) is 3.51. The summed E-state index contributed by atoms with van der Waals surface area (Å²) in [7, 11) is -10.3. The smallest absolute Gasteiger partial charge is 0.302 e. The van der Waals surface area contributed by atoms with E-state index in [4.69, 9.17) is 13.7 Å². The molecule has 2 atom stereocenters. The van der Waals surface area contributed by atoms with Crippen LogP contribution in [0.2, 0.25) is 0 Å². The Morgan fingerprint density at radius 1 is 0.574 bits per heavy atom. The number of ketones is 2. The maximum absolute atomic E-state index is 14.1. The van der Waals surface area contributed by atoms with E-state index in [0.717, 1.165) is 0 Å². The molecular formula is C39H32O13S2. The lowest BCUT2D eigenvalue weighted by molar-refractivity contribution is -0.0242. The summed E-state index contributed by atoms with van der Waals surface area (Å²) >= 11 is 0. The number of ether oxygens (including phenoxy) is 2. The standard InChI is InChI=1S/C39H32O13S2/c40-19-39(20-41,21-42)22-50-54(48,49)37-30-29-33(27-15-11-25(12-16-27)31(43)23-7-3-1-4-8-23)51-35(29)38(53(45,46)47)36(37)52-34(30)28-17-13-26(14-18-28)32(44)24-9-5-2-6-10-24/h1-18,33-34,40-42H,19-22H2,(H,45,46,47). The van der Waals surface area contributed by atoms with Gasteiger partial charge in [-0.1, -0.05) is 109 Å². The molecule has 2 aliphatic heterocycles. The van der Waals surface area contributed by atoms with Gasteiger partial charge >= 0.3 is 20.2 Å². The van der Waals surface area contributed by atoms with Crippen LogP contribution in [-0.4, -0.2) is 74.7 Å². The van der Waals surface area contributed by atoms with Crippen LogP contribution in [-0.2, 0) is 24.4 Å². The van der Waals surface area contributed by atoms with E-state index in [0.29, 0.717) is 33.4 Å². The fourth-order valence-corrected chi connectivity index (χ4v) is 8.59. The number of benzene rings is 5. The van der Waals surface area contributed by atoms with Gasteiger partial charge in [-0.25, -0.2) is 0 Å². The highest BCUT2D eigenvalue weighted by Crippen LogP contribution is 2.61. The lowest BCUT2D eigenvalue weighted by Crippen LogP contribution is -2.39. The van der Waals surface area contributed by atoms with E-state index in [1.807, 2.05) is 0 Å². The lowest BCUT2D eigenvalue weighted by atomic mass is 9.87. The first-order valence-electron chi connectivity index (χ1n) is 16.5. The number of carbonyl (C=O) groups is 2. The highest BCUT2D eigenvalue weighted by molar-refractivity contribution is 7.87. The molecule has 15 heteroatoms. The number of fused-ring (bicyclic) bond motifs is 4. The van der Waals surface area contributed by atoms with Gasteiger partial charge in [0.05, 0.1) is 31.8 Å². The van der Waals surface area contributed by atoms with Gasteiger partial charge in [0.2, 0.25) is 0 Å². The molecule has 2 bridgehead atoms. The Kier molecular flexibility index (Phi) is 9.74. The summed E-state index contributed by atoms with van der Waals surface area (Å²) in [6, 6.07) is 29.3. The highest BCUT2D eigenvalue weighted by Gasteiger charge is 2.52. The van der Waals surface area contributed by atoms with Crippen LogP contribution in [0.15, 0.2) is 119 Å². The zero-order valence-corrected chi connectivity index (χ0v) is 29.8. The third-order valence-electron chi connectivity index (χ3n) is 9.45. The number of aliphatic hydroxyl groups is 3. The topological polar surface area (TPSA) is 211 Å². The van der Waals surface area contributed by atoms with Crippen LogP contribution in [0.5, 0.6) is 11.5 Å². The van der Waals surface area contributed by atoms with Crippen molar-refractivity contribution in [2.24, 2.45) is 5.41 Å². The maximum Gasteiger partial charge on any atom is 0.302 e. The lowest BCUT2D eigenvalue weighted by Gasteiger charge is -2.35. The summed E-state index contributed by atoms with van der Waals surface area (Å²) in [5, 5.41) is 29.4. The van der Waals surface area contributed by atoms with E-state index in [9.17, 15) is 46.3 Å². The van der Waals surface area contributed by atoms with Crippen LogP contribution in [0.1, 0.15) is 66.3 Å². The molecule has 0 fully saturated rings. The van der Waals surface area contributed by atoms with E-state index in [2.05, 4.69) is 0 Å². The molecule has 0 radical (unpaired) electrons. The second-order valence-corrected chi connectivity index (χ2v) is 15.9. The largest absolute Gasteiger partial charge is 0.479 e. The van der Waals surface area contributed by atoms with Crippen molar-refractivity contribution in [1.82, 2.24) is 0 Å². The van der Waals surface area contributed by atoms with E-state index in [1.165, 1.54) is 24.3 Å². The first-order valence-corrected chi connectivity index (χ1v) is 19.3. The third-order valence-corrected chi connectivity index (χ3v) is 11.7. The molecule has 5 aromatic carbocycles. The molecule has 0 saturated heterocycles. The van der Waals surface area contributed by atoms with Gasteiger partial charge in [0, 0.05) is 33.4 Å². The predicted octanol–water partition coefficient (Wildman–Crippen LogP) is 4.03. The van der Waals surface area contributed by atoms with Crippen LogP contribution in [0.3, 0.4) is 0 Å². The Hall–Kier alpha value is -5.26. The first kappa shape index (κ1) is 37.1. The van der Waals surface area contributed by atoms with E-state index >= 15 is 0 Å². The second kappa shape index (κ2) is 14.2. The van der Waals surface area contributed by atoms with E-state index < -0.39 is 79.8 Å². The van der Waals surface area contributed by atoms with Gasteiger partial charge in [-0.2, -0.15) is 16.8 Å². The van der Waals surface area contributed by atoms with Crippen LogP contribution < -0.4 is 9.47 Å². The maximum atomic E-state index is 14.1. The minimum Gasteiger partial charge on any atom is -0.479 e. The van der Waals surface area contributed by atoms with Crippen molar-refractivity contribution in [3.63, 3.8) is 0 Å². The molecule has 7 rings (SSSR count). The molecule has 0 aliphatic carbocycles. The fourth-order valence-electron chi connectivity index (χ4n) is 6.37. The van der Waals surface area contributed by atoms with Gasteiger partial charge in [-0.3, -0.25) is 18.3 Å². The van der Waals surface area contributed by atoms with Crippen molar-refractivity contribution in [3.05, 3.63) is 154 Å². The van der Waals surface area contributed by atoms with Crippen molar-refractivity contribution < 1.29 is 60.0 Å². The normalized spacial score (nSPS) is 16.1. The second-order valence-electron chi connectivity index (χ2n) is 12.9. The third kappa shape index (κ3) is 6.49. The summed E-state index contributed by atoms with van der Waals surface area (Å²) in [5.74, 6) is -1.69. The Bertz CT molecular complexity index is 2450. The van der Waals surface area contributed by atoms with Gasteiger partial charge in [0.1, 0.15) is 4.90 Å². The van der Waals surface area contributed by atoms with Gasteiger partial charge in [0.25, 0.3) is 0 Å². The molecule has 0 aromatic heterocycles. The molecule has 0 spiro atoms. The number of carbonyl (C=O) groups excluding carboxylic acids is 2. The van der Waals surface area contributed by atoms with Crippen molar-refractivity contribution in [3.8, 4) is 11.5 Å². The highest BCUT2D eigenvalue weighted by atomic mass is 32.2. The SMILES string of the molecule is O=C(c1ccccc1)c1ccc(C2Oc3c2c2c(S(=O)(=O)OCC(CO)(CO)CO)c(c3S(=O)(=O)O)OC2c2ccc(C(=O)c3ccccc3)cc2)cc1. The molecular weight excluding hydrogens is 741 g/mol. The van der Waals surface area contributed by atoms with E-state index in [1.54, 1.807) is 84.9 Å². The molecule has 2 heterocycles. The molecule has 5 aromatic rings. The fraction of sp³-hybridized carbons (Fsp3) is 0.179. The molecule has 0 saturated carbocycles. The number of hydrogen-bond donors (Lipinski definition) is 4. The summed E-state index contributed by atoms with van der Waals surface area (Å²) in [6.45, 7) is -3.49. The van der Waals surface area contributed by atoms with Gasteiger partial charge in [-0.15, -0.1) is 0 Å². The van der Waals surface area contributed by atoms with Crippen LogP contribution in [0.4, 0.5) is 0 Å². The Labute approximate surface area is 309 Å². The molecule has 278 valence electrons. The summed E-state index contributed by atoms with van der Waals surface area (Å²) in [5.41, 5.74) is 0.370. The van der Waals surface area contributed by atoms with Crippen LogP contribution >= 0.6 is 0 Å². The Morgan fingerprint density at radius 3 is 1.41 bits per heavy atom. The Morgan fingerprint density at radius 2 is 0.981 bits per heavy atom. The van der Waals surface area contributed by atoms with Crippen molar-refractivity contribution in [2.45, 2.75) is 22.0 Å². The van der Waals surface area contributed by atoms with E-state index in [-0.39, 0.29) is 28.4 Å². The molecule has 2 aliphatic rings. The van der Waals surface area contributed by atoms with Crippen molar-refractivity contribution in [1.29, 1.82) is 0 Å². The minimum atomic E-state index is -5.24. The summed E-state index contributed by atoms with van der Waals surface area (Å²) in [6.07, 6.45) is -2.45. The first-order chi connectivity index (χ1) is 25.8. The number of aliphatic hydroxyl groups excluding tert-OH is 3.